The fourth-order valence-electron chi connectivity index (χ4n) is 4.55. The number of aromatic nitrogens is 3. The van der Waals surface area contributed by atoms with Crippen molar-refractivity contribution in [1.82, 2.24) is 19.3 Å². The third-order valence-electron chi connectivity index (χ3n) is 6.49. The molecule has 1 aliphatic carbocycles. The number of rotatable bonds is 8. The van der Waals surface area contributed by atoms with Gasteiger partial charge in [-0.3, -0.25) is 0 Å². The van der Waals surface area contributed by atoms with Gasteiger partial charge in [-0.25, -0.2) is 17.1 Å². The third-order valence-corrected chi connectivity index (χ3v) is 7.79. The SMILES string of the molecule is COc1ccc(Nc2nc(NC3CCCCCC3)nc(NC3CCN(S(C)(=O)=O)CC3)n2)cc1F. The number of sulfonamides is 1. The topological polar surface area (TPSA) is 121 Å². The van der Waals surface area contributed by atoms with Gasteiger partial charge in [-0.05, 0) is 37.8 Å². The molecular formula is C23H34FN7O3S. The van der Waals surface area contributed by atoms with Crippen molar-refractivity contribution in [1.29, 1.82) is 0 Å². The van der Waals surface area contributed by atoms with E-state index in [9.17, 15) is 12.8 Å². The fraction of sp³-hybridized carbons (Fsp3) is 0.609. The zero-order valence-electron chi connectivity index (χ0n) is 20.3. The van der Waals surface area contributed by atoms with Crippen molar-refractivity contribution < 1.29 is 17.5 Å². The van der Waals surface area contributed by atoms with E-state index in [1.165, 1.54) is 55.5 Å². The highest BCUT2D eigenvalue weighted by molar-refractivity contribution is 7.88. The van der Waals surface area contributed by atoms with E-state index < -0.39 is 15.8 Å². The Morgan fingerprint density at radius 3 is 2.03 bits per heavy atom. The van der Waals surface area contributed by atoms with Crippen molar-refractivity contribution >= 4 is 33.6 Å². The summed E-state index contributed by atoms with van der Waals surface area (Å²) in [6, 6.07) is 4.88. The predicted octanol–water partition coefficient (Wildman–Crippen LogP) is 3.73. The molecule has 35 heavy (non-hydrogen) atoms. The molecule has 0 amide bonds. The van der Waals surface area contributed by atoms with E-state index in [1.807, 2.05) is 0 Å². The molecular weight excluding hydrogens is 473 g/mol. The summed E-state index contributed by atoms with van der Waals surface area (Å²) in [5, 5.41) is 9.86. The maximum Gasteiger partial charge on any atom is 0.233 e. The largest absolute Gasteiger partial charge is 0.494 e. The Labute approximate surface area is 206 Å². The number of piperidine rings is 1. The molecule has 1 aromatic heterocycles. The van der Waals surface area contributed by atoms with E-state index >= 15 is 0 Å². The summed E-state index contributed by atoms with van der Waals surface area (Å²) < 4.78 is 44.3. The van der Waals surface area contributed by atoms with E-state index in [2.05, 4.69) is 30.9 Å². The lowest BCUT2D eigenvalue weighted by Crippen LogP contribution is -2.42. The highest BCUT2D eigenvalue weighted by atomic mass is 32.2. The van der Waals surface area contributed by atoms with Gasteiger partial charge in [-0.15, -0.1) is 0 Å². The fourth-order valence-corrected chi connectivity index (χ4v) is 5.43. The highest BCUT2D eigenvalue weighted by Gasteiger charge is 2.25. The van der Waals surface area contributed by atoms with E-state index in [0.29, 0.717) is 43.5 Å². The van der Waals surface area contributed by atoms with Crippen LogP contribution in [0.25, 0.3) is 0 Å². The molecule has 3 N–H and O–H groups in total. The average molecular weight is 508 g/mol. The van der Waals surface area contributed by atoms with Crippen LogP contribution in [-0.2, 0) is 10.0 Å². The number of methoxy groups -OCH3 is 1. The normalized spacial score (nSPS) is 18.6. The first-order valence-corrected chi connectivity index (χ1v) is 14.0. The van der Waals surface area contributed by atoms with E-state index in [4.69, 9.17) is 4.74 Å². The van der Waals surface area contributed by atoms with Gasteiger partial charge in [0.1, 0.15) is 0 Å². The van der Waals surface area contributed by atoms with Crippen LogP contribution < -0.4 is 20.7 Å². The molecule has 2 fully saturated rings. The number of anilines is 4. The van der Waals surface area contributed by atoms with Gasteiger partial charge in [0.15, 0.2) is 11.6 Å². The summed E-state index contributed by atoms with van der Waals surface area (Å²) in [6.07, 6.45) is 9.47. The number of halogens is 1. The standard InChI is InChI=1S/C23H34FN7O3S/c1-34-20-10-9-18(15-19(20)24)27-23-29-21(25-16-7-5-3-4-6-8-16)28-22(30-23)26-17-11-13-31(14-12-17)35(2,32)33/h9-10,15-17H,3-8,11-14H2,1-2H3,(H3,25,26,27,28,29,30). The first kappa shape index (κ1) is 25.4. The molecule has 2 aromatic rings. The molecule has 1 saturated carbocycles. The lowest BCUT2D eigenvalue weighted by Gasteiger charge is -2.30. The second kappa shape index (κ2) is 11.3. The molecule has 192 valence electrons. The van der Waals surface area contributed by atoms with E-state index in [0.717, 1.165) is 12.8 Å². The minimum absolute atomic E-state index is 0.0346. The van der Waals surface area contributed by atoms with Gasteiger partial charge in [-0.1, -0.05) is 25.7 Å². The van der Waals surface area contributed by atoms with Crippen LogP contribution in [0.15, 0.2) is 18.2 Å². The van der Waals surface area contributed by atoms with Crippen LogP contribution in [0, 0.1) is 5.82 Å². The molecule has 0 spiro atoms. The number of nitrogens with zero attached hydrogens (tertiary/aromatic N) is 4. The van der Waals surface area contributed by atoms with Gasteiger partial charge in [0.25, 0.3) is 0 Å². The molecule has 0 radical (unpaired) electrons. The Kier molecular flexibility index (Phi) is 8.22. The van der Waals surface area contributed by atoms with Crippen LogP contribution in [0.4, 0.5) is 27.9 Å². The van der Waals surface area contributed by atoms with Crippen molar-refractivity contribution in [2.75, 3.05) is 42.4 Å². The van der Waals surface area contributed by atoms with Crippen molar-refractivity contribution in [3.05, 3.63) is 24.0 Å². The third kappa shape index (κ3) is 7.14. The number of hydrogen-bond acceptors (Lipinski definition) is 9. The van der Waals surface area contributed by atoms with Gasteiger partial charge in [-0.2, -0.15) is 15.0 Å². The molecule has 4 rings (SSSR count). The monoisotopic (exact) mass is 507 g/mol. The minimum Gasteiger partial charge on any atom is -0.494 e. The molecule has 2 aliphatic rings. The molecule has 12 heteroatoms. The molecule has 10 nitrogen and oxygen atoms in total. The Balaban J connectivity index is 1.52. The summed E-state index contributed by atoms with van der Waals surface area (Å²) in [6.45, 7) is 0.899. The van der Waals surface area contributed by atoms with Crippen LogP contribution in [0.2, 0.25) is 0 Å². The molecule has 1 aliphatic heterocycles. The summed E-state index contributed by atoms with van der Waals surface area (Å²) in [5.74, 6) is 0.811. The van der Waals surface area contributed by atoms with E-state index in [1.54, 1.807) is 6.07 Å². The van der Waals surface area contributed by atoms with Crippen LogP contribution in [0.3, 0.4) is 0 Å². The van der Waals surface area contributed by atoms with Crippen LogP contribution in [-0.4, -0.2) is 66.2 Å². The first-order valence-electron chi connectivity index (χ1n) is 12.1. The summed E-state index contributed by atoms with van der Waals surface area (Å²) in [5.41, 5.74) is 0.488. The van der Waals surface area contributed by atoms with Crippen molar-refractivity contribution in [2.45, 2.75) is 63.5 Å². The van der Waals surface area contributed by atoms with Gasteiger partial charge in [0, 0.05) is 36.9 Å². The second-order valence-electron chi connectivity index (χ2n) is 9.19. The molecule has 2 heterocycles. The zero-order chi connectivity index (χ0) is 24.8. The van der Waals surface area contributed by atoms with Gasteiger partial charge in [0.2, 0.25) is 27.9 Å². The Hall–Kier alpha value is -2.73. The van der Waals surface area contributed by atoms with Crippen LogP contribution in [0.1, 0.15) is 51.4 Å². The van der Waals surface area contributed by atoms with Crippen molar-refractivity contribution in [3.8, 4) is 5.75 Å². The van der Waals surface area contributed by atoms with Crippen LogP contribution >= 0.6 is 0 Å². The molecule has 1 aromatic carbocycles. The zero-order valence-corrected chi connectivity index (χ0v) is 21.1. The molecule has 1 saturated heterocycles. The average Bonchev–Trinajstić information content (AvgIpc) is 3.07. The lowest BCUT2D eigenvalue weighted by atomic mass is 10.1. The van der Waals surface area contributed by atoms with Crippen LogP contribution in [0.5, 0.6) is 5.75 Å². The first-order chi connectivity index (χ1) is 16.8. The maximum atomic E-state index is 14.2. The second-order valence-corrected chi connectivity index (χ2v) is 11.2. The number of hydrogen-bond donors (Lipinski definition) is 3. The quantitative estimate of drug-likeness (QED) is 0.459. The summed E-state index contributed by atoms with van der Waals surface area (Å²) in [7, 11) is -1.78. The smallest absolute Gasteiger partial charge is 0.233 e. The predicted molar refractivity (Wildman–Crippen MR) is 134 cm³/mol. The van der Waals surface area contributed by atoms with Crippen molar-refractivity contribution in [3.63, 3.8) is 0 Å². The van der Waals surface area contributed by atoms with Crippen molar-refractivity contribution in [2.24, 2.45) is 0 Å². The summed E-state index contributed by atoms with van der Waals surface area (Å²) >= 11 is 0. The minimum atomic E-state index is -3.19. The lowest BCUT2D eigenvalue weighted by molar-refractivity contribution is 0.331. The molecule has 0 bridgehead atoms. The van der Waals surface area contributed by atoms with Gasteiger partial charge >= 0.3 is 0 Å². The Morgan fingerprint density at radius 1 is 0.914 bits per heavy atom. The Bertz CT molecular complexity index is 1100. The molecule has 0 unspecified atom stereocenters. The highest BCUT2D eigenvalue weighted by Crippen LogP contribution is 2.25. The maximum absolute atomic E-state index is 14.2. The number of benzene rings is 1. The number of nitrogens with one attached hydrogen (secondary N) is 3. The summed E-state index contributed by atoms with van der Waals surface area (Å²) in [4.78, 5) is 13.6. The van der Waals surface area contributed by atoms with Gasteiger partial charge in [0.05, 0.1) is 13.4 Å². The molecule has 0 atom stereocenters. The Morgan fingerprint density at radius 2 is 1.49 bits per heavy atom. The number of ether oxygens (including phenoxy) is 1. The van der Waals surface area contributed by atoms with Gasteiger partial charge < -0.3 is 20.7 Å². The van der Waals surface area contributed by atoms with E-state index in [-0.39, 0.29) is 23.8 Å².